The first-order valence-corrected chi connectivity index (χ1v) is 18.1. The zero-order valence-corrected chi connectivity index (χ0v) is 20.5. The Morgan fingerprint density at radius 2 is 1.42 bits per heavy atom. The molecule has 0 N–H and O–H groups in total. The number of unbranched alkanes of at least 4 members (excludes halogenated alkanes) is 3. The third-order valence-corrected chi connectivity index (χ3v) is 21.1. The van der Waals surface area contributed by atoms with E-state index in [2.05, 4.69) is 69.3 Å². The van der Waals surface area contributed by atoms with Gasteiger partial charge in [0.05, 0.1) is 0 Å². The van der Waals surface area contributed by atoms with Crippen LogP contribution < -0.4 is 0 Å². The fourth-order valence-electron chi connectivity index (χ4n) is 3.74. The van der Waals surface area contributed by atoms with Crippen LogP contribution in [0.1, 0.15) is 64.9 Å². The molecule has 1 rings (SSSR count). The summed E-state index contributed by atoms with van der Waals surface area (Å²) in [5.74, 6) is 0. The molecule has 0 spiro atoms. The molecule has 0 saturated carbocycles. The van der Waals surface area contributed by atoms with Gasteiger partial charge in [-0.3, -0.25) is 0 Å². The van der Waals surface area contributed by atoms with Crippen molar-refractivity contribution in [3.63, 3.8) is 0 Å². The average Bonchev–Trinajstić information content (AvgIpc) is 2.69. The van der Waals surface area contributed by atoms with Crippen LogP contribution in [0.15, 0.2) is 46.1 Å². The van der Waals surface area contributed by atoms with Crippen molar-refractivity contribution in [2.75, 3.05) is 13.7 Å². The van der Waals surface area contributed by atoms with Gasteiger partial charge >= 0.3 is 167 Å². The second kappa shape index (κ2) is 14.5. The molecule has 26 heavy (non-hydrogen) atoms. The third-order valence-electron chi connectivity index (χ3n) is 5.36. The molecule has 0 bridgehead atoms. The number of methoxy groups -OCH3 is 1. The SMILES string of the molecule is CCC[CH2][Sn]([CH2]CCC)([CH2]CCC)[C](=C\COC)/C=C/c1ccccc1. The molecule has 1 aromatic rings. The molecule has 0 aromatic heterocycles. The van der Waals surface area contributed by atoms with Gasteiger partial charge in [-0.2, -0.15) is 0 Å². The van der Waals surface area contributed by atoms with Crippen LogP contribution in [0.5, 0.6) is 0 Å². The molecule has 1 nitrogen and oxygen atoms in total. The summed E-state index contributed by atoms with van der Waals surface area (Å²) in [4.78, 5) is 0. The van der Waals surface area contributed by atoms with E-state index in [1.54, 1.807) is 3.59 Å². The van der Waals surface area contributed by atoms with E-state index < -0.39 is 18.4 Å². The van der Waals surface area contributed by atoms with Crippen molar-refractivity contribution in [3.8, 4) is 0 Å². The second-order valence-electron chi connectivity index (χ2n) is 7.45. The van der Waals surface area contributed by atoms with E-state index in [-0.39, 0.29) is 0 Å². The van der Waals surface area contributed by atoms with E-state index in [1.807, 2.05) is 7.11 Å². The van der Waals surface area contributed by atoms with E-state index in [1.165, 1.54) is 57.4 Å². The van der Waals surface area contributed by atoms with E-state index >= 15 is 0 Å². The molecular weight excluding hydrogens is 423 g/mol. The van der Waals surface area contributed by atoms with Crippen molar-refractivity contribution in [1.82, 2.24) is 0 Å². The van der Waals surface area contributed by atoms with Crippen molar-refractivity contribution >= 4 is 24.5 Å². The molecule has 0 unspecified atom stereocenters. The van der Waals surface area contributed by atoms with Crippen LogP contribution in [0, 0.1) is 0 Å². The van der Waals surface area contributed by atoms with E-state index in [0.717, 1.165) is 6.61 Å². The molecule has 2 heteroatoms. The van der Waals surface area contributed by atoms with Gasteiger partial charge in [-0.1, -0.05) is 0 Å². The summed E-state index contributed by atoms with van der Waals surface area (Å²) >= 11 is -2.40. The van der Waals surface area contributed by atoms with Gasteiger partial charge in [-0.15, -0.1) is 0 Å². The molecule has 0 atom stereocenters. The first-order chi connectivity index (χ1) is 12.7. The molecule has 0 aliphatic carbocycles. The Balaban J connectivity index is 3.20. The van der Waals surface area contributed by atoms with Gasteiger partial charge in [0, 0.05) is 0 Å². The van der Waals surface area contributed by atoms with Crippen molar-refractivity contribution in [1.29, 1.82) is 0 Å². The fourth-order valence-corrected chi connectivity index (χ4v) is 19.9. The number of hydrogen-bond acceptors (Lipinski definition) is 1. The minimum atomic E-state index is -2.40. The van der Waals surface area contributed by atoms with E-state index in [4.69, 9.17) is 4.74 Å². The summed E-state index contributed by atoms with van der Waals surface area (Å²) in [6.45, 7) is 7.77. The Kier molecular flexibility index (Phi) is 13.1. The number of hydrogen-bond donors (Lipinski definition) is 0. The van der Waals surface area contributed by atoms with Gasteiger partial charge in [0.15, 0.2) is 0 Å². The van der Waals surface area contributed by atoms with Crippen LogP contribution in [0.4, 0.5) is 0 Å². The Bertz CT molecular complexity index is 496. The Morgan fingerprint density at radius 3 is 1.88 bits per heavy atom. The molecular formula is C24H40OSn. The van der Waals surface area contributed by atoms with Crippen LogP contribution in [0.3, 0.4) is 0 Å². The quantitative estimate of drug-likeness (QED) is 0.203. The zero-order valence-electron chi connectivity index (χ0n) is 17.6. The van der Waals surface area contributed by atoms with Crippen LogP contribution in [0.25, 0.3) is 6.08 Å². The Labute approximate surface area is 166 Å². The summed E-state index contributed by atoms with van der Waals surface area (Å²) in [7, 11) is 1.82. The van der Waals surface area contributed by atoms with Crippen molar-refractivity contribution < 1.29 is 4.74 Å². The topological polar surface area (TPSA) is 9.23 Å². The maximum absolute atomic E-state index is 5.46. The molecule has 1 aromatic carbocycles. The van der Waals surface area contributed by atoms with Crippen molar-refractivity contribution in [2.45, 2.75) is 72.6 Å². The van der Waals surface area contributed by atoms with Crippen LogP contribution >= 0.6 is 0 Å². The van der Waals surface area contributed by atoms with Gasteiger partial charge < -0.3 is 0 Å². The average molecular weight is 463 g/mol. The molecule has 0 saturated heterocycles. The van der Waals surface area contributed by atoms with Gasteiger partial charge in [0.2, 0.25) is 0 Å². The van der Waals surface area contributed by atoms with Crippen LogP contribution in [0.2, 0.25) is 13.3 Å². The van der Waals surface area contributed by atoms with E-state index in [9.17, 15) is 0 Å². The molecule has 0 heterocycles. The molecule has 0 aliphatic rings. The van der Waals surface area contributed by atoms with Gasteiger partial charge in [-0.25, -0.2) is 0 Å². The van der Waals surface area contributed by atoms with Gasteiger partial charge in [0.25, 0.3) is 0 Å². The summed E-state index contributed by atoms with van der Waals surface area (Å²) in [6.07, 6.45) is 15.4. The minimum absolute atomic E-state index is 0.748. The number of allylic oxidation sites excluding steroid dienone is 2. The Hall–Kier alpha value is -0.541. The second-order valence-corrected chi connectivity index (χ2v) is 20.7. The van der Waals surface area contributed by atoms with Crippen LogP contribution in [-0.4, -0.2) is 32.1 Å². The molecule has 0 radical (unpaired) electrons. The molecule has 0 amide bonds. The molecule has 146 valence electrons. The number of benzene rings is 1. The summed E-state index contributed by atoms with van der Waals surface area (Å²) < 4.78 is 11.7. The maximum atomic E-state index is 5.46. The third kappa shape index (κ3) is 8.43. The summed E-state index contributed by atoms with van der Waals surface area (Å²) in [6, 6.07) is 10.7. The first kappa shape index (κ1) is 23.5. The zero-order chi connectivity index (χ0) is 19.1. The summed E-state index contributed by atoms with van der Waals surface area (Å²) in [5, 5.41) is 0. The summed E-state index contributed by atoms with van der Waals surface area (Å²) in [5.41, 5.74) is 1.30. The normalized spacial score (nSPS) is 12.8. The molecule has 0 aliphatic heterocycles. The predicted molar refractivity (Wildman–Crippen MR) is 120 cm³/mol. The fraction of sp³-hybridized carbons (Fsp3) is 0.583. The van der Waals surface area contributed by atoms with Crippen molar-refractivity contribution in [2.24, 2.45) is 0 Å². The van der Waals surface area contributed by atoms with Gasteiger partial charge in [0.1, 0.15) is 0 Å². The van der Waals surface area contributed by atoms with E-state index in [0.29, 0.717) is 0 Å². The first-order valence-electron chi connectivity index (χ1n) is 10.6. The number of rotatable bonds is 14. The Morgan fingerprint density at radius 1 is 0.885 bits per heavy atom. The standard InChI is InChI=1S/C12H13O.3C4H9.Sn/c1-13-11-7-3-6-10-12-8-4-2-5-9-12;3*1-3-4-2;/h2,4-10H,11H2,1H3;3*1,3-4H2,2H3;/b7-3?,10-6+;;;;. The van der Waals surface area contributed by atoms with Crippen molar-refractivity contribution in [3.05, 3.63) is 51.6 Å². The van der Waals surface area contributed by atoms with Gasteiger partial charge in [-0.05, 0) is 0 Å². The monoisotopic (exact) mass is 464 g/mol. The number of ether oxygens (including phenoxy) is 1. The van der Waals surface area contributed by atoms with Crippen LogP contribution in [-0.2, 0) is 4.74 Å². The predicted octanol–water partition coefficient (Wildman–Crippen LogP) is 7.66. The molecule has 0 fully saturated rings.